The van der Waals surface area contributed by atoms with Crippen molar-refractivity contribution in [3.05, 3.63) is 92.2 Å². The van der Waals surface area contributed by atoms with E-state index >= 15 is 0 Å². The van der Waals surface area contributed by atoms with Gasteiger partial charge in [-0.1, -0.05) is 53.5 Å². The lowest BCUT2D eigenvalue weighted by molar-refractivity contribution is -0.137. The van der Waals surface area contributed by atoms with Crippen molar-refractivity contribution in [2.24, 2.45) is 0 Å². The highest BCUT2D eigenvalue weighted by molar-refractivity contribution is 6.34. The van der Waals surface area contributed by atoms with Gasteiger partial charge in [-0.15, -0.1) is 0 Å². The molecule has 0 spiro atoms. The zero-order valence-electron chi connectivity index (χ0n) is 13.2. The van der Waals surface area contributed by atoms with E-state index in [1.807, 2.05) is 0 Å². The predicted octanol–water partition coefficient (Wildman–Crippen LogP) is 5.89. The van der Waals surface area contributed by atoms with Crippen LogP contribution in [0.2, 0.25) is 10.0 Å². The van der Waals surface area contributed by atoms with Gasteiger partial charge in [-0.2, -0.15) is 13.2 Å². The van der Waals surface area contributed by atoms with E-state index < -0.39 is 16.8 Å². The van der Waals surface area contributed by atoms with Gasteiger partial charge in [0.1, 0.15) is 0 Å². The topological polar surface area (TPSA) is 22.0 Å². The van der Waals surface area contributed by atoms with Gasteiger partial charge in [-0.05, 0) is 17.7 Å². The molecule has 0 aliphatic carbocycles. The van der Waals surface area contributed by atoms with Crippen LogP contribution in [0.4, 0.5) is 13.2 Å². The van der Waals surface area contributed by atoms with Crippen LogP contribution >= 0.6 is 23.2 Å². The van der Waals surface area contributed by atoms with Gasteiger partial charge in [0.05, 0.1) is 16.3 Å². The van der Waals surface area contributed by atoms with Gasteiger partial charge in [-0.3, -0.25) is 4.79 Å². The first-order valence-corrected chi connectivity index (χ1v) is 8.33. The summed E-state index contributed by atoms with van der Waals surface area (Å²) in [6, 6.07) is 13.3. The lowest BCUT2D eigenvalue weighted by Crippen LogP contribution is -2.11. The molecule has 0 saturated carbocycles. The van der Waals surface area contributed by atoms with E-state index in [0.29, 0.717) is 5.02 Å². The summed E-state index contributed by atoms with van der Waals surface area (Å²) in [5.74, 6) is 0. The summed E-state index contributed by atoms with van der Waals surface area (Å²) < 4.78 is 41.1. The maximum Gasteiger partial charge on any atom is 0.417 e. The van der Waals surface area contributed by atoms with Crippen LogP contribution in [-0.4, -0.2) is 4.57 Å². The molecule has 134 valence electrons. The summed E-state index contributed by atoms with van der Waals surface area (Å²) in [6.45, 7) is 0.280. The van der Waals surface area contributed by atoms with Crippen LogP contribution in [0.15, 0.2) is 65.6 Å². The summed E-state index contributed by atoms with van der Waals surface area (Å²) >= 11 is 12.2. The van der Waals surface area contributed by atoms with Crippen LogP contribution in [0.25, 0.3) is 11.3 Å². The standard InChI is InChI=1S/C19H12Cl2F3NO/c20-16-7-2-1-4-12(16)11-25-9-8-13(26)10-17(25)14-5-3-6-15(18(14)21)19(22,23)24/h1-10H,11H2. The SMILES string of the molecule is O=c1ccn(Cc2ccccc2Cl)c(-c2cccc(C(F)(F)F)c2Cl)c1. The second-order valence-electron chi connectivity index (χ2n) is 5.63. The number of benzene rings is 2. The summed E-state index contributed by atoms with van der Waals surface area (Å²) in [6.07, 6.45) is -3.08. The Hall–Kier alpha value is -2.24. The lowest BCUT2D eigenvalue weighted by atomic mass is 10.1. The fourth-order valence-corrected chi connectivity index (χ4v) is 3.16. The molecule has 2 nitrogen and oxygen atoms in total. The Labute approximate surface area is 157 Å². The number of hydrogen-bond donors (Lipinski definition) is 0. The van der Waals surface area contributed by atoms with Crippen LogP contribution in [0.5, 0.6) is 0 Å². The van der Waals surface area contributed by atoms with E-state index in [1.165, 1.54) is 30.5 Å². The first-order valence-electron chi connectivity index (χ1n) is 7.57. The largest absolute Gasteiger partial charge is 0.417 e. The number of nitrogens with zero attached hydrogens (tertiary/aromatic N) is 1. The fourth-order valence-electron chi connectivity index (χ4n) is 2.64. The molecule has 2 aromatic carbocycles. The summed E-state index contributed by atoms with van der Waals surface area (Å²) in [5, 5.41) is 0.0748. The van der Waals surface area contributed by atoms with Crippen molar-refractivity contribution in [3.8, 4) is 11.3 Å². The molecule has 0 radical (unpaired) electrons. The Morgan fingerprint density at radius 3 is 2.38 bits per heavy atom. The Bertz CT molecular complexity index is 1010. The molecular formula is C19H12Cl2F3NO. The van der Waals surface area contributed by atoms with Crippen LogP contribution < -0.4 is 5.43 Å². The van der Waals surface area contributed by atoms with Gasteiger partial charge in [0.25, 0.3) is 0 Å². The van der Waals surface area contributed by atoms with E-state index in [4.69, 9.17) is 23.2 Å². The maximum absolute atomic E-state index is 13.2. The summed E-state index contributed by atoms with van der Waals surface area (Å²) in [5.41, 5.74) is -0.0944. The van der Waals surface area contributed by atoms with E-state index in [9.17, 15) is 18.0 Å². The van der Waals surface area contributed by atoms with Crippen LogP contribution in [0.1, 0.15) is 11.1 Å². The van der Waals surface area contributed by atoms with Crippen LogP contribution in [-0.2, 0) is 12.7 Å². The monoisotopic (exact) mass is 397 g/mol. The fraction of sp³-hybridized carbons (Fsp3) is 0.105. The smallest absolute Gasteiger partial charge is 0.343 e. The normalized spacial score (nSPS) is 11.6. The second-order valence-corrected chi connectivity index (χ2v) is 6.42. The minimum absolute atomic E-state index is 0.131. The minimum atomic E-state index is -4.59. The van der Waals surface area contributed by atoms with E-state index in [2.05, 4.69) is 0 Å². The first kappa shape index (κ1) is 18.5. The summed E-state index contributed by atoms with van der Waals surface area (Å²) in [7, 11) is 0. The number of halogens is 5. The third-order valence-electron chi connectivity index (χ3n) is 3.89. The molecule has 0 N–H and O–H groups in total. The molecule has 0 unspecified atom stereocenters. The molecule has 0 atom stereocenters. The number of pyridine rings is 1. The molecule has 0 bridgehead atoms. The molecule has 3 rings (SSSR count). The Kier molecular flexibility index (Phi) is 5.12. The van der Waals surface area contributed by atoms with Gasteiger partial charge < -0.3 is 4.57 Å². The molecule has 3 aromatic rings. The van der Waals surface area contributed by atoms with E-state index in [1.54, 1.807) is 28.8 Å². The van der Waals surface area contributed by atoms with Crippen molar-refractivity contribution in [3.63, 3.8) is 0 Å². The predicted molar refractivity (Wildman–Crippen MR) is 96.7 cm³/mol. The van der Waals surface area contributed by atoms with Gasteiger partial charge >= 0.3 is 6.18 Å². The lowest BCUT2D eigenvalue weighted by Gasteiger charge is -2.17. The molecule has 1 heterocycles. The third-order valence-corrected chi connectivity index (χ3v) is 4.66. The van der Waals surface area contributed by atoms with Crippen molar-refractivity contribution in [1.82, 2.24) is 4.57 Å². The molecular weight excluding hydrogens is 386 g/mol. The third kappa shape index (κ3) is 3.79. The first-order chi connectivity index (χ1) is 12.3. The van der Waals surface area contributed by atoms with Gasteiger partial charge in [0, 0.05) is 35.5 Å². The molecule has 0 saturated heterocycles. The maximum atomic E-state index is 13.2. The molecule has 0 aliphatic rings. The highest BCUT2D eigenvalue weighted by atomic mass is 35.5. The number of aromatic nitrogens is 1. The molecule has 0 fully saturated rings. The number of rotatable bonds is 3. The minimum Gasteiger partial charge on any atom is -0.343 e. The van der Waals surface area contributed by atoms with Crippen molar-refractivity contribution in [2.75, 3.05) is 0 Å². The van der Waals surface area contributed by atoms with Crippen molar-refractivity contribution >= 4 is 23.2 Å². The number of hydrogen-bond acceptors (Lipinski definition) is 1. The molecule has 7 heteroatoms. The Morgan fingerprint density at radius 2 is 1.69 bits per heavy atom. The van der Waals surface area contributed by atoms with Crippen molar-refractivity contribution < 1.29 is 13.2 Å². The molecule has 0 amide bonds. The van der Waals surface area contributed by atoms with Gasteiger partial charge in [-0.25, -0.2) is 0 Å². The zero-order chi connectivity index (χ0) is 18.9. The van der Waals surface area contributed by atoms with Crippen LogP contribution in [0.3, 0.4) is 0 Å². The Morgan fingerprint density at radius 1 is 0.962 bits per heavy atom. The van der Waals surface area contributed by atoms with Gasteiger partial charge in [0.15, 0.2) is 5.43 Å². The van der Waals surface area contributed by atoms with Crippen LogP contribution in [0, 0.1) is 0 Å². The average Bonchev–Trinajstić information content (AvgIpc) is 2.57. The highest BCUT2D eigenvalue weighted by Crippen LogP contribution is 2.39. The quantitative estimate of drug-likeness (QED) is 0.539. The summed E-state index contributed by atoms with van der Waals surface area (Å²) in [4.78, 5) is 11.8. The molecule has 0 aliphatic heterocycles. The van der Waals surface area contributed by atoms with E-state index in [-0.39, 0.29) is 23.2 Å². The van der Waals surface area contributed by atoms with Crippen molar-refractivity contribution in [1.29, 1.82) is 0 Å². The van der Waals surface area contributed by atoms with E-state index in [0.717, 1.165) is 11.6 Å². The van der Waals surface area contributed by atoms with Crippen molar-refractivity contribution in [2.45, 2.75) is 12.7 Å². The highest BCUT2D eigenvalue weighted by Gasteiger charge is 2.34. The molecule has 1 aromatic heterocycles. The Balaban J connectivity index is 2.16. The molecule has 26 heavy (non-hydrogen) atoms. The number of alkyl halides is 3. The zero-order valence-corrected chi connectivity index (χ0v) is 14.7. The average molecular weight is 398 g/mol. The second kappa shape index (κ2) is 7.17. The van der Waals surface area contributed by atoms with Gasteiger partial charge in [0.2, 0.25) is 0 Å².